The molecule has 0 radical (unpaired) electrons. The van der Waals surface area contributed by atoms with Crippen molar-refractivity contribution in [2.24, 2.45) is 5.92 Å². The molecule has 5 heteroatoms. The number of aromatic nitrogens is 2. The number of piperazine rings is 1. The molecule has 19 heavy (non-hydrogen) atoms. The van der Waals surface area contributed by atoms with E-state index in [-0.39, 0.29) is 0 Å². The lowest BCUT2D eigenvalue weighted by atomic mass is 9.91. The Hall–Kier alpha value is -1.20. The summed E-state index contributed by atoms with van der Waals surface area (Å²) in [5.74, 6) is 1.59. The van der Waals surface area contributed by atoms with Gasteiger partial charge in [0.2, 0.25) is 5.95 Å². The molecular weight excluding hydrogens is 240 g/mol. The Bertz CT molecular complexity index is 400. The molecule has 3 heterocycles. The maximum Gasteiger partial charge on any atom is 0.225 e. The number of piperidine rings is 1. The van der Waals surface area contributed by atoms with Gasteiger partial charge in [0.1, 0.15) is 0 Å². The Morgan fingerprint density at radius 1 is 1.21 bits per heavy atom. The second-order valence-corrected chi connectivity index (χ2v) is 5.54. The van der Waals surface area contributed by atoms with Gasteiger partial charge < -0.3 is 9.64 Å². The highest BCUT2D eigenvalue weighted by molar-refractivity contribution is 5.30. The van der Waals surface area contributed by atoms with Crippen LogP contribution in [-0.2, 0) is 4.74 Å². The van der Waals surface area contributed by atoms with Crippen LogP contribution in [0.4, 0.5) is 5.95 Å². The minimum absolute atomic E-state index is 0.658. The molecule has 104 valence electrons. The molecule has 0 bridgehead atoms. The van der Waals surface area contributed by atoms with E-state index in [0.717, 1.165) is 32.2 Å². The molecule has 0 amide bonds. The topological polar surface area (TPSA) is 41.5 Å². The molecule has 0 aromatic carbocycles. The fourth-order valence-electron chi connectivity index (χ4n) is 3.27. The van der Waals surface area contributed by atoms with E-state index in [2.05, 4.69) is 19.8 Å². The van der Waals surface area contributed by atoms with Gasteiger partial charge in [0.15, 0.2) is 0 Å². The van der Waals surface area contributed by atoms with Crippen LogP contribution in [-0.4, -0.2) is 60.8 Å². The summed E-state index contributed by atoms with van der Waals surface area (Å²) < 4.78 is 5.29. The van der Waals surface area contributed by atoms with Crippen molar-refractivity contribution in [3.63, 3.8) is 0 Å². The number of hydrogen-bond acceptors (Lipinski definition) is 5. The summed E-state index contributed by atoms with van der Waals surface area (Å²) in [6, 6.07) is 2.53. The summed E-state index contributed by atoms with van der Waals surface area (Å²) in [7, 11) is 1.80. The highest BCUT2D eigenvalue weighted by atomic mass is 16.5. The Labute approximate surface area is 114 Å². The zero-order valence-electron chi connectivity index (χ0n) is 11.5. The highest BCUT2D eigenvalue weighted by Crippen LogP contribution is 2.26. The first-order valence-corrected chi connectivity index (χ1v) is 7.12. The molecule has 2 aliphatic heterocycles. The predicted octanol–water partition coefficient (Wildman–Crippen LogP) is 1.02. The van der Waals surface area contributed by atoms with Gasteiger partial charge in [-0.3, -0.25) is 4.90 Å². The van der Waals surface area contributed by atoms with E-state index in [0.29, 0.717) is 12.0 Å². The molecule has 0 N–H and O–H groups in total. The Morgan fingerprint density at radius 2 is 2.05 bits per heavy atom. The second kappa shape index (κ2) is 5.84. The number of ether oxygens (including phenoxy) is 1. The number of fused-ring (bicyclic) bond motifs is 1. The molecule has 0 aliphatic carbocycles. The molecule has 1 aromatic rings. The van der Waals surface area contributed by atoms with Crippen molar-refractivity contribution in [2.75, 3.05) is 44.8 Å². The highest BCUT2D eigenvalue weighted by Gasteiger charge is 2.33. The Balaban J connectivity index is 1.60. The first-order chi connectivity index (χ1) is 9.36. The molecule has 1 aromatic heterocycles. The maximum atomic E-state index is 5.29. The molecule has 0 spiro atoms. The third kappa shape index (κ3) is 2.87. The lowest BCUT2D eigenvalue weighted by molar-refractivity contribution is 0.0516. The van der Waals surface area contributed by atoms with Gasteiger partial charge in [-0.15, -0.1) is 0 Å². The molecule has 5 nitrogen and oxygen atoms in total. The van der Waals surface area contributed by atoms with Crippen molar-refractivity contribution in [1.82, 2.24) is 14.9 Å². The van der Waals surface area contributed by atoms with Crippen molar-refractivity contribution in [2.45, 2.75) is 18.9 Å². The molecule has 3 rings (SSSR count). The number of methoxy groups -OCH3 is 1. The number of nitrogens with zero attached hydrogens (tertiary/aromatic N) is 4. The Morgan fingerprint density at radius 3 is 2.84 bits per heavy atom. The van der Waals surface area contributed by atoms with Crippen molar-refractivity contribution in [3.8, 4) is 0 Å². The fourth-order valence-corrected chi connectivity index (χ4v) is 3.27. The van der Waals surface area contributed by atoms with E-state index in [9.17, 15) is 0 Å². The van der Waals surface area contributed by atoms with Crippen molar-refractivity contribution >= 4 is 5.95 Å². The lowest BCUT2D eigenvalue weighted by Crippen LogP contribution is -2.57. The molecule has 2 unspecified atom stereocenters. The number of hydrogen-bond donors (Lipinski definition) is 0. The monoisotopic (exact) mass is 262 g/mol. The lowest BCUT2D eigenvalue weighted by Gasteiger charge is -2.46. The number of anilines is 1. The molecule has 2 aliphatic rings. The maximum absolute atomic E-state index is 5.29. The van der Waals surface area contributed by atoms with Gasteiger partial charge >= 0.3 is 0 Å². The smallest absolute Gasteiger partial charge is 0.225 e. The van der Waals surface area contributed by atoms with Gasteiger partial charge in [0, 0.05) is 51.7 Å². The van der Waals surface area contributed by atoms with E-state index in [1.54, 1.807) is 7.11 Å². The van der Waals surface area contributed by atoms with Gasteiger partial charge in [-0.1, -0.05) is 0 Å². The van der Waals surface area contributed by atoms with Crippen LogP contribution in [0.5, 0.6) is 0 Å². The third-order valence-electron chi connectivity index (χ3n) is 4.24. The summed E-state index contributed by atoms with van der Waals surface area (Å²) in [5, 5.41) is 0. The zero-order chi connectivity index (χ0) is 13.1. The summed E-state index contributed by atoms with van der Waals surface area (Å²) in [5.41, 5.74) is 0. The zero-order valence-corrected chi connectivity index (χ0v) is 11.5. The van der Waals surface area contributed by atoms with Crippen molar-refractivity contribution in [1.29, 1.82) is 0 Å². The average Bonchev–Trinajstić information content (AvgIpc) is 2.48. The van der Waals surface area contributed by atoms with Crippen molar-refractivity contribution in [3.05, 3.63) is 18.5 Å². The standard InChI is InChI=1S/C14H22N4O/c1-19-11-12-3-4-13-10-18(8-7-17(13)9-12)14-15-5-2-6-16-14/h2,5-6,12-13H,3-4,7-11H2,1H3. The van der Waals surface area contributed by atoms with E-state index < -0.39 is 0 Å². The minimum Gasteiger partial charge on any atom is -0.384 e. The Kier molecular flexibility index (Phi) is 3.94. The minimum atomic E-state index is 0.658. The second-order valence-electron chi connectivity index (χ2n) is 5.54. The third-order valence-corrected chi connectivity index (χ3v) is 4.24. The van der Waals surface area contributed by atoms with Crippen LogP contribution < -0.4 is 4.90 Å². The van der Waals surface area contributed by atoms with Crippen LogP contribution in [0.3, 0.4) is 0 Å². The molecule has 2 saturated heterocycles. The molecule has 2 fully saturated rings. The van der Waals surface area contributed by atoms with E-state index >= 15 is 0 Å². The van der Waals surface area contributed by atoms with E-state index in [4.69, 9.17) is 4.74 Å². The summed E-state index contributed by atoms with van der Waals surface area (Å²) >= 11 is 0. The van der Waals surface area contributed by atoms with Crippen LogP contribution in [0.1, 0.15) is 12.8 Å². The van der Waals surface area contributed by atoms with Gasteiger partial charge in [0.25, 0.3) is 0 Å². The predicted molar refractivity (Wildman–Crippen MR) is 74.2 cm³/mol. The average molecular weight is 262 g/mol. The van der Waals surface area contributed by atoms with Crippen LogP contribution in [0.25, 0.3) is 0 Å². The summed E-state index contributed by atoms with van der Waals surface area (Å²) in [4.78, 5) is 13.7. The van der Waals surface area contributed by atoms with Crippen LogP contribution in [0, 0.1) is 5.92 Å². The first-order valence-electron chi connectivity index (χ1n) is 7.12. The molecular formula is C14H22N4O. The quantitative estimate of drug-likeness (QED) is 0.813. The fraction of sp³-hybridized carbons (Fsp3) is 0.714. The summed E-state index contributed by atoms with van der Waals surface area (Å²) in [6.07, 6.45) is 6.18. The van der Waals surface area contributed by atoms with Crippen LogP contribution >= 0.6 is 0 Å². The van der Waals surface area contributed by atoms with Crippen LogP contribution in [0.15, 0.2) is 18.5 Å². The van der Waals surface area contributed by atoms with Gasteiger partial charge in [0.05, 0.1) is 6.61 Å². The van der Waals surface area contributed by atoms with E-state index in [1.807, 2.05) is 18.5 Å². The molecule has 2 atom stereocenters. The summed E-state index contributed by atoms with van der Waals surface area (Å²) in [6.45, 7) is 5.28. The van der Waals surface area contributed by atoms with Gasteiger partial charge in [-0.05, 0) is 24.8 Å². The van der Waals surface area contributed by atoms with Crippen molar-refractivity contribution < 1.29 is 4.74 Å². The van der Waals surface area contributed by atoms with Gasteiger partial charge in [-0.25, -0.2) is 9.97 Å². The SMILES string of the molecule is COCC1CCC2CN(c3ncccn3)CCN2C1. The largest absolute Gasteiger partial charge is 0.384 e. The van der Waals surface area contributed by atoms with Gasteiger partial charge in [-0.2, -0.15) is 0 Å². The molecule has 0 saturated carbocycles. The van der Waals surface area contributed by atoms with Crippen LogP contribution in [0.2, 0.25) is 0 Å². The van der Waals surface area contributed by atoms with E-state index in [1.165, 1.54) is 19.4 Å². The first kappa shape index (κ1) is 12.8. The normalized spacial score (nSPS) is 28.2. The number of rotatable bonds is 3.